The molecule has 6 unspecified atom stereocenters. The number of esters is 4. The second kappa shape index (κ2) is 50.9. The lowest BCUT2D eigenvalue weighted by Crippen LogP contribution is -2.18. The molecule has 6 atom stereocenters. The predicted molar refractivity (Wildman–Crippen MR) is 372 cm³/mol. The zero-order valence-electron chi connectivity index (χ0n) is 57.4. The minimum atomic E-state index is -0.206. The van der Waals surface area contributed by atoms with E-state index < -0.39 is 0 Å². The Hall–Kier alpha value is -6.56. The van der Waals surface area contributed by atoms with Crippen LogP contribution in [0, 0.1) is 11.8 Å². The van der Waals surface area contributed by atoms with Crippen LogP contribution in [0.25, 0.3) is 0 Å². The molecule has 508 valence electrons. The van der Waals surface area contributed by atoms with Crippen LogP contribution < -0.4 is 0 Å². The highest BCUT2D eigenvalue weighted by Gasteiger charge is 2.26. The van der Waals surface area contributed by atoms with Crippen molar-refractivity contribution in [3.8, 4) is 0 Å². The summed E-state index contributed by atoms with van der Waals surface area (Å²) in [7, 11) is 0. The molecule has 0 saturated carbocycles. The molecule has 0 spiro atoms. The molecule has 92 heavy (non-hydrogen) atoms. The van der Waals surface area contributed by atoms with Crippen LogP contribution >= 0.6 is 0 Å². The molecule has 0 bridgehead atoms. The van der Waals surface area contributed by atoms with Crippen molar-refractivity contribution in [3.63, 3.8) is 0 Å². The molecule has 12 nitrogen and oxygen atoms in total. The Morgan fingerprint density at radius 3 is 0.978 bits per heavy atom. The molecule has 0 fully saturated rings. The van der Waals surface area contributed by atoms with Crippen LogP contribution in [0.15, 0.2) is 144 Å². The largest absolute Gasteiger partial charge is 0.462 e. The lowest BCUT2D eigenvalue weighted by molar-refractivity contribution is -0.150. The van der Waals surface area contributed by atoms with Crippen LogP contribution in [0.3, 0.4) is 0 Å². The fourth-order valence-electron chi connectivity index (χ4n) is 11.4. The van der Waals surface area contributed by atoms with Gasteiger partial charge in [-0.15, -0.1) is 0 Å². The Labute approximate surface area is 554 Å². The molecule has 4 aliphatic rings. The van der Waals surface area contributed by atoms with Gasteiger partial charge in [0.25, 0.3) is 0 Å². The van der Waals surface area contributed by atoms with Crippen molar-refractivity contribution >= 4 is 47.0 Å². The Balaban J connectivity index is 0.000000480. The van der Waals surface area contributed by atoms with E-state index in [4.69, 9.17) is 18.9 Å². The maximum atomic E-state index is 12.6. The SMILES string of the molecule is C/C=C\CCCC(=O)OC(C/C=C1/C(=O)C=CC1C/C=C\CCCC(=O)OC(C/C=C1\CC=CC1=O)CCCCC)CCCCC.C/C=C\CCCC(=O)OC(C/C=C1/C(=O)C=CC1C/C=C\CCCC(=O)OC(C/C=C1\CC=CC1=O)CCCCC)CCCCC. The molecule has 0 heterocycles. The maximum Gasteiger partial charge on any atom is 0.306 e. The molecule has 0 radical (unpaired) electrons. The summed E-state index contributed by atoms with van der Waals surface area (Å²) in [6.07, 6.45) is 66.4. The van der Waals surface area contributed by atoms with Gasteiger partial charge in [0.15, 0.2) is 23.1 Å². The fourth-order valence-corrected chi connectivity index (χ4v) is 11.4. The van der Waals surface area contributed by atoms with Gasteiger partial charge in [-0.2, -0.15) is 0 Å². The van der Waals surface area contributed by atoms with E-state index in [0.717, 1.165) is 164 Å². The van der Waals surface area contributed by atoms with Crippen molar-refractivity contribution in [3.05, 3.63) is 144 Å². The summed E-state index contributed by atoms with van der Waals surface area (Å²) in [4.78, 5) is 99.1. The van der Waals surface area contributed by atoms with Crippen LogP contribution in [0.5, 0.6) is 0 Å². The fraction of sp³-hybridized carbons (Fsp3) is 0.600. The van der Waals surface area contributed by atoms with Crippen molar-refractivity contribution < 1.29 is 57.3 Å². The number of carbonyl (C=O) groups excluding carboxylic acids is 8. The number of carbonyl (C=O) groups is 8. The molecule has 0 aromatic carbocycles. The van der Waals surface area contributed by atoms with E-state index in [9.17, 15) is 38.4 Å². The van der Waals surface area contributed by atoms with Gasteiger partial charge >= 0.3 is 23.9 Å². The molecule has 0 amide bonds. The van der Waals surface area contributed by atoms with Crippen LogP contribution in [0.2, 0.25) is 0 Å². The van der Waals surface area contributed by atoms with Crippen molar-refractivity contribution in [1.29, 1.82) is 0 Å². The third-order valence-electron chi connectivity index (χ3n) is 16.9. The van der Waals surface area contributed by atoms with E-state index in [1.807, 2.05) is 74.6 Å². The second-order valence-electron chi connectivity index (χ2n) is 24.9. The van der Waals surface area contributed by atoms with Gasteiger partial charge in [-0.1, -0.05) is 176 Å². The standard InChI is InChI=1S/2C40H58O6/c2*1-4-7-10-16-24-39(43)46-35(22-14-9-6-3)29-30-36-32(27-31-38(36)42)19-15-11-12-17-25-40(44)45-34(21-13-8-5-2)28-26-33-20-18-23-37(33)41/h2*4,7,11,15,18,23,26-27,30-32,34-35H,5-6,8-10,12-14,16-17,19-22,24-25,28-29H2,1-3H3/b2*7-4-,15-11-,33-26+,36-30+. The monoisotopic (exact) mass is 1270 g/mol. The van der Waals surface area contributed by atoms with Gasteiger partial charge in [0.05, 0.1) is 0 Å². The van der Waals surface area contributed by atoms with Gasteiger partial charge in [-0.3, -0.25) is 38.4 Å². The number of unbranched alkanes of at least 4 members (excludes halogenated alkanes) is 12. The van der Waals surface area contributed by atoms with E-state index >= 15 is 0 Å². The first-order valence-electron chi connectivity index (χ1n) is 35.7. The van der Waals surface area contributed by atoms with Crippen LogP contribution in [0.1, 0.15) is 273 Å². The molecule has 4 rings (SSSR count). The van der Waals surface area contributed by atoms with Crippen molar-refractivity contribution in [1.82, 2.24) is 0 Å². The lowest BCUT2D eigenvalue weighted by Gasteiger charge is -2.17. The van der Waals surface area contributed by atoms with Crippen molar-refractivity contribution in [2.75, 3.05) is 0 Å². The molecule has 0 aromatic rings. The van der Waals surface area contributed by atoms with Gasteiger partial charge in [0, 0.05) is 74.3 Å². The molecular formula is C80H116O12. The molecule has 0 aromatic heterocycles. The highest BCUT2D eigenvalue weighted by molar-refractivity contribution is 6.08. The zero-order chi connectivity index (χ0) is 66.8. The van der Waals surface area contributed by atoms with E-state index in [2.05, 4.69) is 64.2 Å². The predicted octanol–water partition coefficient (Wildman–Crippen LogP) is 19.5. The average Bonchev–Trinajstić information content (AvgIpc) is 1.95. The molecule has 12 heteroatoms. The van der Waals surface area contributed by atoms with Crippen molar-refractivity contribution in [2.45, 2.75) is 297 Å². The van der Waals surface area contributed by atoms with Crippen molar-refractivity contribution in [2.24, 2.45) is 11.8 Å². The highest BCUT2D eigenvalue weighted by Crippen LogP contribution is 2.30. The zero-order valence-corrected chi connectivity index (χ0v) is 57.4. The summed E-state index contributed by atoms with van der Waals surface area (Å²) in [6.45, 7) is 12.6. The maximum absolute atomic E-state index is 12.6. The molecular weight excluding hydrogens is 1150 g/mol. The number of hydrogen-bond acceptors (Lipinski definition) is 12. The van der Waals surface area contributed by atoms with Gasteiger partial charge in [0.2, 0.25) is 0 Å². The highest BCUT2D eigenvalue weighted by atomic mass is 16.6. The van der Waals surface area contributed by atoms with Gasteiger partial charge in [0.1, 0.15) is 24.4 Å². The quantitative estimate of drug-likeness (QED) is 0.0186. The lowest BCUT2D eigenvalue weighted by atomic mass is 9.95. The Kier molecular flexibility index (Phi) is 44.1. The normalized spacial score (nSPS) is 19.3. The smallest absolute Gasteiger partial charge is 0.306 e. The first-order valence-corrected chi connectivity index (χ1v) is 35.7. The van der Waals surface area contributed by atoms with E-state index in [-0.39, 0.29) is 83.3 Å². The topological polar surface area (TPSA) is 173 Å². The van der Waals surface area contributed by atoms with Crippen LogP contribution in [-0.2, 0) is 57.3 Å². The molecule has 4 aliphatic carbocycles. The number of ether oxygens (including phenoxy) is 4. The summed E-state index contributed by atoms with van der Waals surface area (Å²) < 4.78 is 23.3. The Morgan fingerprint density at radius 2 is 0.696 bits per heavy atom. The van der Waals surface area contributed by atoms with Gasteiger partial charge in [-0.25, -0.2) is 0 Å². The summed E-state index contributed by atoms with van der Waals surface area (Å²) >= 11 is 0. The van der Waals surface area contributed by atoms with Crippen LogP contribution in [-0.4, -0.2) is 71.4 Å². The Bertz CT molecular complexity index is 2450. The third-order valence-corrected chi connectivity index (χ3v) is 16.9. The summed E-state index contributed by atoms with van der Waals surface area (Å²) in [6, 6.07) is 0. The first kappa shape index (κ1) is 79.7. The Morgan fingerprint density at radius 1 is 0.391 bits per heavy atom. The molecule has 0 saturated heterocycles. The minimum Gasteiger partial charge on any atom is -0.462 e. The average molecular weight is 1270 g/mol. The number of allylic oxidation sites excluding steroid dienone is 20. The first-order chi connectivity index (χ1) is 44.7. The minimum absolute atomic E-state index is 0.0153. The molecule has 0 N–H and O–H groups in total. The number of rotatable bonds is 48. The summed E-state index contributed by atoms with van der Waals surface area (Å²) in [5.74, 6) is -0.488. The van der Waals surface area contributed by atoms with E-state index in [0.29, 0.717) is 89.9 Å². The van der Waals surface area contributed by atoms with E-state index in [1.165, 1.54) is 0 Å². The third kappa shape index (κ3) is 36.0. The van der Waals surface area contributed by atoms with Gasteiger partial charge in [-0.05, 0) is 178 Å². The van der Waals surface area contributed by atoms with E-state index in [1.54, 1.807) is 24.3 Å². The molecule has 0 aliphatic heterocycles. The van der Waals surface area contributed by atoms with Crippen LogP contribution in [0.4, 0.5) is 0 Å². The number of hydrogen-bond donors (Lipinski definition) is 0. The second-order valence-corrected chi connectivity index (χ2v) is 24.9. The number of ketones is 4. The summed E-state index contributed by atoms with van der Waals surface area (Å²) in [5, 5.41) is 0. The summed E-state index contributed by atoms with van der Waals surface area (Å²) in [5.41, 5.74) is 3.13. The van der Waals surface area contributed by atoms with Gasteiger partial charge < -0.3 is 18.9 Å².